The minimum atomic E-state index is -0.208. The summed E-state index contributed by atoms with van der Waals surface area (Å²) < 4.78 is 0. The van der Waals surface area contributed by atoms with Crippen molar-refractivity contribution in [3.05, 3.63) is 94.0 Å². The molecule has 3 aromatic carbocycles. The van der Waals surface area contributed by atoms with E-state index in [1.165, 1.54) is 5.56 Å². The second kappa shape index (κ2) is 8.43. The highest BCUT2D eigenvalue weighted by Gasteiger charge is 2.14. The predicted molar refractivity (Wildman–Crippen MR) is 107 cm³/mol. The minimum Gasteiger partial charge on any atom is -0.321 e. The molecule has 5 heteroatoms. The molecule has 0 unspecified atom stereocenters. The molecule has 1 amide bonds. The number of thioether (sulfide) groups is 1. The summed E-state index contributed by atoms with van der Waals surface area (Å²) in [5.41, 5.74) is 2.32. The Balaban J connectivity index is 1.78. The van der Waals surface area contributed by atoms with E-state index in [2.05, 4.69) is 17.4 Å². The summed E-state index contributed by atoms with van der Waals surface area (Å²) in [5.74, 6) is 0.587. The van der Waals surface area contributed by atoms with Crippen molar-refractivity contribution in [2.45, 2.75) is 10.6 Å². The molecule has 0 fully saturated rings. The van der Waals surface area contributed by atoms with Gasteiger partial charge < -0.3 is 5.32 Å². The molecule has 1 N–H and O–H groups in total. The van der Waals surface area contributed by atoms with Crippen LogP contribution in [-0.2, 0) is 5.75 Å². The van der Waals surface area contributed by atoms with Crippen LogP contribution in [0.4, 0.5) is 5.69 Å². The van der Waals surface area contributed by atoms with Crippen molar-refractivity contribution in [3.8, 4) is 0 Å². The van der Waals surface area contributed by atoms with E-state index in [1.54, 1.807) is 36.0 Å². The molecule has 0 aromatic heterocycles. The van der Waals surface area contributed by atoms with Crippen LogP contribution in [0.2, 0.25) is 10.0 Å². The summed E-state index contributed by atoms with van der Waals surface area (Å²) in [4.78, 5) is 13.6. The first-order chi connectivity index (χ1) is 12.1. The number of carbonyl (C=O) groups is 1. The third kappa shape index (κ3) is 4.57. The van der Waals surface area contributed by atoms with E-state index in [0.717, 1.165) is 10.6 Å². The number of anilines is 1. The average Bonchev–Trinajstić information content (AvgIpc) is 2.65. The molecular formula is C20H15Cl2NOS. The standard InChI is InChI=1S/C20H15Cl2NOS/c21-16-10-6-11-17(19(16)22)23-20(24)15-9-4-5-12-18(15)25-13-14-7-2-1-3-8-14/h1-12H,13H2,(H,23,24). The van der Waals surface area contributed by atoms with Crippen LogP contribution in [0.15, 0.2) is 77.7 Å². The number of benzene rings is 3. The molecular weight excluding hydrogens is 373 g/mol. The summed E-state index contributed by atoms with van der Waals surface area (Å²) >= 11 is 13.8. The molecule has 0 heterocycles. The quantitative estimate of drug-likeness (QED) is 0.503. The molecule has 3 aromatic rings. The Morgan fingerprint density at radius 1 is 0.880 bits per heavy atom. The first-order valence-electron chi connectivity index (χ1n) is 7.66. The maximum atomic E-state index is 12.7. The predicted octanol–water partition coefficient (Wildman–Crippen LogP) is 6.54. The highest BCUT2D eigenvalue weighted by molar-refractivity contribution is 7.98. The fourth-order valence-electron chi connectivity index (χ4n) is 2.31. The zero-order valence-electron chi connectivity index (χ0n) is 13.2. The SMILES string of the molecule is O=C(Nc1cccc(Cl)c1Cl)c1ccccc1SCc1ccccc1. The highest BCUT2D eigenvalue weighted by Crippen LogP contribution is 2.31. The Morgan fingerprint density at radius 2 is 1.60 bits per heavy atom. The molecule has 0 aliphatic heterocycles. The van der Waals surface area contributed by atoms with Gasteiger partial charge in [0.15, 0.2) is 0 Å². The molecule has 25 heavy (non-hydrogen) atoms. The van der Waals surface area contributed by atoms with Crippen molar-refractivity contribution >= 4 is 46.6 Å². The van der Waals surface area contributed by atoms with Crippen LogP contribution in [0.25, 0.3) is 0 Å². The summed E-state index contributed by atoms with van der Waals surface area (Å²) in [5, 5.41) is 3.59. The molecule has 126 valence electrons. The lowest BCUT2D eigenvalue weighted by atomic mass is 10.2. The van der Waals surface area contributed by atoms with Crippen LogP contribution < -0.4 is 5.32 Å². The number of carbonyl (C=O) groups excluding carboxylic acids is 1. The first-order valence-corrected chi connectivity index (χ1v) is 9.40. The molecule has 2 nitrogen and oxygen atoms in total. The second-order valence-corrected chi connectivity index (χ2v) is 7.13. The normalized spacial score (nSPS) is 10.5. The van der Waals surface area contributed by atoms with Gasteiger partial charge in [-0.05, 0) is 29.8 Å². The summed E-state index contributed by atoms with van der Waals surface area (Å²) in [6, 6.07) is 22.8. The molecule has 0 radical (unpaired) electrons. The lowest BCUT2D eigenvalue weighted by Gasteiger charge is -2.11. The zero-order valence-corrected chi connectivity index (χ0v) is 15.5. The summed E-state index contributed by atoms with van der Waals surface area (Å²) in [6.07, 6.45) is 0. The first kappa shape index (κ1) is 17.9. The minimum absolute atomic E-state index is 0.208. The molecule has 0 bridgehead atoms. The van der Waals surface area contributed by atoms with Gasteiger partial charge in [-0.3, -0.25) is 4.79 Å². The van der Waals surface area contributed by atoms with Gasteiger partial charge in [0, 0.05) is 10.6 Å². The summed E-state index contributed by atoms with van der Waals surface area (Å²) in [7, 11) is 0. The Hall–Kier alpha value is -1.94. The number of rotatable bonds is 5. The van der Waals surface area contributed by atoms with Gasteiger partial charge in [0.1, 0.15) is 0 Å². The van der Waals surface area contributed by atoms with Crippen molar-refractivity contribution in [1.29, 1.82) is 0 Å². The van der Waals surface area contributed by atoms with Gasteiger partial charge in [-0.1, -0.05) is 71.7 Å². The molecule has 3 rings (SSSR count). The number of nitrogens with one attached hydrogen (secondary N) is 1. The Kier molecular flexibility index (Phi) is 6.03. The van der Waals surface area contributed by atoms with Crippen LogP contribution in [0.3, 0.4) is 0 Å². The van der Waals surface area contributed by atoms with Crippen LogP contribution in [0.5, 0.6) is 0 Å². The lowest BCUT2D eigenvalue weighted by molar-refractivity contribution is 0.102. The van der Waals surface area contributed by atoms with Crippen molar-refractivity contribution < 1.29 is 4.79 Å². The van der Waals surface area contributed by atoms with Gasteiger partial charge in [0.05, 0.1) is 21.3 Å². The van der Waals surface area contributed by atoms with Crippen molar-refractivity contribution in [1.82, 2.24) is 0 Å². The Labute approximate surface area is 161 Å². The van der Waals surface area contributed by atoms with Gasteiger partial charge in [0.2, 0.25) is 0 Å². The van der Waals surface area contributed by atoms with E-state index in [-0.39, 0.29) is 5.91 Å². The lowest BCUT2D eigenvalue weighted by Crippen LogP contribution is -2.13. The molecule has 0 saturated heterocycles. The smallest absolute Gasteiger partial charge is 0.256 e. The monoisotopic (exact) mass is 387 g/mol. The van der Waals surface area contributed by atoms with Gasteiger partial charge in [-0.15, -0.1) is 11.8 Å². The topological polar surface area (TPSA) is 29.1 Å². The molecule has 0 atom stereocenters. The van der Waals surface area contributed by atoms with Crippen LogP contribution in [0, 0.1) is 0 Å². The van der Waals surface area contributed by atoms with Crippen LogP contribution >= 0.6 is 35.0 Å². The molecule has 0 saturated carbocycles. The van der Waals surface area contributed by atoms with E-state index in [4.69, 9.17) is 23.2 Å². The van der Waals surface area contributed by atoms with E-state index in [9.17, 15) is 4.79 Å². The fraction of sp³-hybridized carbons (Fsp3) is 0.0500. The third-order valence-corrected chi connectivity index (χ3v) is 5.53. The van der Waals surface area contributed by atoms with Gasteiger partial charge in [0.25, 0.3) is 5.91 Å². The zero-order chi connectivity index (χ0) is 17.6. The third-order valence-electron chi connectivity index (χ3n) is 3.57. The fourth-order valence-corrected chi connectivity index (χ4v) is 3.66. The van der Waals surface area contributed by atoms with Crippen molar-refractivity contribution in [2.24, 2.45) is 0 Å². The van der Waals surface area contributed by atoms with Gasteiger partial charge in [-0.2, -0.15) is 0 Å². The number of hydrogen-bond acceptors (Lipinski definition) is 2. The van der Waals surface area contributed by atoms with Crippen molar-refractivity contribution in [2.75, 3.05) is 5.32 Å². The number of amides is 1. The second-order valence-electron chi connectivity index (χ2n) is 5.33. The van der Waals surface area contributed by atoms with Gasteiger partial charge >= 0.3 is 0 Å². The van der Waals surface area contributed by atoms with Crippen LogP contribution in [-0.4, -0.2) is 5.91 Å². The van der Waals surface area contributed by atoms with E-state index >= 15 is 0 Å². The largest absolute Gasteiger partial charge is 0.321 e. The average molecular weight is 388 g/mol. The van der Waals surface area contributed by atoms with Crippen LogP contribution in [0.1, 0.15) is 15.9 Å². The van der Waals surface area contributed by atoms with E-state index in [1.807, 2.05) is 36.4 Å². The summed E-state index contributed by atoms with van der Waals surface area (Å²) in [6.45, 7) is 0. The van der Waals surface area contributed by atoms with Gasteiger partial charge in [-0.25, -0.2) is 0 Å². The van der Waals surface area contributed by atoms with E-state index < -0.39 is 0 Å². The maximum absolute atomic E-state index is 12.7. The molecule has 0 spiro atoms. The van der Waals surface area contributed by atoms with E-state index in [0.29, 0.717) is 21.3 Å². The number of hydrogen-bond donors (Lipinski definition) is 1. The maximum Gasteiger partial charge on any atom is 0.256 e. The Bertz CT molecular complexity index is 884. The molecule has 0 aliphatic rings. The highest BCUT2D eigenvalue weighted by atomic mass is 35.5. The number of halogens is 2. The molecule has 0 aliphatic carbocycles. The van der Waals surface area contributed by atoms with Crippen molar-refractivity contribution in [3.63, 3.8) is 0 Å². The Morgan fingerprint density at radius 3 is 2.40 bits per heavy atom.